The van der Waals surface area contributed by atoms with Gasteiger partial charge in [0.25, 0.3) is 0 Å². The number of alkyl halides is 1. The summed E-state index contributed by atoms with van der Waals surface area (Å²) in [7, 11) is -4.21. The zero-order valence-electron chi connectivity index (χ0n) is 12.8. The molecular formula is C16H10Br2F2N2O3S. The molecule has 0 radical (unpaired) electrons. The van der Waals surface area contributed by atoms with Crippen LogP contribution < -0.4 is 5.14 Å². The summed E-state index contributed by atoms with van der Waals surface area (Å²) in [4.78, 5) is -0.646. The second kappa shape index (κ2) is 7.18. The van der Waals surface area contributed by atoms with Gasteiger partial charge < -0.3 is 4.52 Å². The molecule has 3 aromatic rings. The Balaban J connectivity index is 2.20. The molecule has 0 fully saturated rings. The van der Waals surface area contributed by atoms with Gasteiger partial charge in [0.2, 0.25) is 10.0 Å². The Hall–Kier alpha value is -1.62. The summed E-state index contributed by atoms with van der Waals surface area (Å²) in [5.41, 5.74) is 1.36. The monoisotopic (exact) mass is 506 g/mol. The molecule has 0 aliphatic rings. The van der Waals surface area contributed by atoms with E-state index >= 15 is 0 Å². The zero-order valence-corrected chi connectivity index (χ0v) is 16.8. The molecule has 0 atom stereocenters. The molecule has 5 nitrogen and oxygen atoms in total. The van der Waals surface area contributed by atoms with E-state index in [1.165, 1.54) is 6.07 Å². The molecule has 0 aliphatic heterocycles. The number of rotatable bonds is 4. The van der Waals surface area contributed by atoms with E-state index in [0.717, 1.165) is 21.1 Å². The molecule has 2 aromatic carbocycles. The highest BCUT2D eigenvalue weighted by Gasteiger charge is 2.22. The van der Waals surface area contributed by atoms with Crippen LogP contribution in [-0.4, -0.2) is 13.6 Å². The van der Waals surface area contributed by atoms with Crippen molar-refractivity contribution < 1.29 is 21.7 Å². The fourth-order valence-corrected chi connectivity index (χ4v) is 3.65. The van der Waals surface area contributed by atoms with E-state index in [9.17, 15) is 17.2 Å². The predicted molar refractivity (Wildman–Crippen MR) is 98.9 cm³/mol. The molecule has 0 unspecified atom stereocenters. The predicted octanol–water partition coefficient (Wildman–Crippen LogP) is 4.79. The first kappa shape index (κ1) is 19.2. The zero-order chi connectivity index (χ0) is 19.1. The lowest BCUT2D eigenvalue weighted by molar-refractivity contribution is 0.332. The average molecular weight is 508 g/mol. The number of hydrogen-bond acceptors (Lipinski definition) is 4. The summed E-state index contributed by atoms with van der Waals surface area (Å²) in [6, 6.07) is 8.54. The van der Waals surface area contributed by atoms with E-state index in [0.29, 0.717) is 11.3 Å². The van der Waals surface area contributed by atoms with Crippen molar-refractivity contribution in [3.05, 3.63) is 56.9 Å². The lowest BCUT2D eigenvalue weighted by atomic mass is 9.99. The standard InChI is InChI=1S/C16H10Br2F2N2O3S/c17-10-3-1-9(5-11(10)18)16-15(13(7-19)25-22-16)8-2-4-14(12(20)6-8)26(21,23)24/h1-6H,7H2,(H2,21,23,24). The first-order chi connectivity index (χ1) is 12.2. The highest BCUT2D eigenvalue weighted by Crippen LogP contribution is 2.38. The Labute approximate surface area is 164 Å². The van der Waals surface area contributed by atoms with Crippen LogP contribution in [0.4, 0.5) is 8.78 Å². The van der Waals surface area contributed by atoms with Crippen LogP contribution >= 0.6 is 31.9 Å². The lowest BCUT2D eigenvalue weighted by Crippen LogP contribution is -2.13. The van der Waals surface area contributed by atoms with E-state index in [1.807, 2.05) is 0 Å². The number of benzene rings is 2. The van der Waals surface area contributed by atoms with Crippen molar-refractivity contribution in [3.63, 3.8) is 0 Å². The Morgan fingerprint density at radius 1 is 1.08 bits per heavy atom. The number of hydrogen-bond donors (Lipinski definition) is 1. The van der Waals surface area contributed by atoms with Crippen LogP contribution in [0, 0.1) is 5.82 Å². The molecule has 136 valence electrons. The number of primary sulfonamides is 1. The summed E-state index contributed by atoms with van der Waals surface area (Å²) < 4.78 is 56.9. The summed E-state index contributed by atoms with van der Waals surface area (Å²) >= 11 is 6.72. The van der Waals surface area contributed by atoms with E-state index in [1.54, 1.807) is 18.2 Å². The second-order valence-electron chi connectivity index (χ2n) is 5.28. The topological polar surface area (TPSA) is 86.2 Å². The number of nitrogens with zero attached hydrogens (tertiary/aromatic N) is 1. The van der Waals surface area contributed by atoms with E-state index in [4.69, 9.17) is 9.66 Å². The van der Waals surface area contributed by atoms with Gasteiger partial charge >= 0.3 is 0 Å². The lowest BCUT2D eigenvalue weighted by Gasteiger charge is -2.07. The largest absolute Gasteiger partial charge is 0.357 e. The van der Waals surface area contributed by atoms with Crippen LogP contribution in [0.15, 0.2) is 54.8 Å². The van der Waals surface area contributed by atoms with Crippen molar-refractivity contribution in [3.8, 4) is 22.4 Å². The minimum atomic E-state index is -4.21. The Morgan fingerprint density at radius 3 is 2.35 bits per heavy atom. The van der Waals surface area contributed by atoms with Crippen molar-refractivity contribution in [2.75, 3.05) is 0 Å². The maximum atomic E-state index is 14.2. The number of sulfonamides is 1. The molecule has 10 heteroatoms. The van der Waals surface area contributed by atoms with Crippen molar-refractivity contribution in [2.24, 2.45) is 5.14 Å². The van der Waals surface area contributed by atoms with Gasteiger partial charge in [-0.1, -0.05) is 17.3 Å². The Bertz CT molecular complexity index is 1100. The fourth-order valence-electron chi connectivity index (χ4n) is 2.44. The third-order valence-electron chi connectivity index (χ3n) is 3.60. The summed E-state index contributed by atoms with van der Waals surface area (Å²) in [5, 5.41) is 8.85. The normalized spacial score (nSPS) is 11.7. The SMILES string of the molecule is NS(=O)(=O)c1ccc(-c2c(-c3ccc(Br)c(Br)c3)noc2CF)cc1F. The molecule has 0 saturated carbocycles. The highest BCUT2D eigenvalue weighted by molar-refractivity contribution is 9.13. The van der Waals surface area contributed by atoms with Crippen molar-refractivity contribution in [1.29, 1.82) is 0 Å². The molecule has 2 N–H and O–H groups in total. The van der Waals surface area contributed by atoms with Crippen molar-refractivity contribution in [1.82, 2.24) is 5.16 Å². The van der Waals surface area contributed by atoms with Crippen molar-refractivity contribution >= 4 is 41.9 Å². The Morgan fingerprint density at radius 2 is 1.77 bits per heavy atom. The van der Waals surface area contributed by atoms with Gasteiger partial charge in [0.1, 0.15) is 16.4 Å². The number of aromatic nitrogens is 1. The fraction of sp³-hybridized carbons (Fsp3) is 0.0625. The minimum absolute atomic E-state index is 0.0956. The number of nitrogens with two attached hydrogens (primary N) is 1. The van der Waals surface area contributed by atoms with E-state index in [2.05, 4.69) is 37.0 Å². The van der Waals surface area contributed by atoms with Crippen LogP contribution in [-0.2, 0) is 16.7 Å². The van der Waals surface area contributed by atoms with Crippen LogP contribution in [0.3, 0.4) is 0 Å². The van der Waals surface area contributed by atoms with Gasteiger partial charge in [0, 0.05) is 14.5 Å². The summed E-state index contributed by atoms with van der Waals surface area (Å²) in [6.07, 6.45) is 0. The maximum Gasteiger partial charge on any atom is 0.240 e. The Kier molecular flexibility index (Phi) is 5.29. The van der Waals surface area contributed by atoms with Gasteiger partial charge in [-0.25, -0.2) is 22.3 Å². The summed E-state index contributed by atoms with van der Waals surface area (Å²) in [5.74, 6) is -1.14. The smallest absolute Gasteiger partial charge is 0.240 e. The van der Waals surface area contributed by atoms with Gasteiger partial charge in [-0.15, -0.1) is 0 Å². The molecule has 26 heavy (non-hydrogen) atoms. The van der Waals surface area contributed by atoms with Crippen LogP contribution in [0.1, 0.15) is 5.76 Å². The molecule has 0 saturated heterocycles. The molecule has 0 aliphatic carbocycles. The first-order valence-corrected chi connectivity index (χ1v) is 10.2. The minimum Gasteiger partial charge on any atom is -0.357 e. The molecular weight excluding hydrogens is 498 g/mol. The second-order valence-corrected chi connectivity index (χ2v) is 8.52. The maximum absolute atomic E-state index is 14.2. The van der Waals surface area contributed by atoms with Gasteiger partial charge in [-0.05, 0) is 61.7 Å². The molecule has 0 bridgehead atoms. The molecule has 1 aromatic heterocycles. The third-order valence-corrected chi connectivity index (χ3v) is 6.43. The average Bonchev–Trinajstić information content (AvgIpc) is 3.00. The third kappa shape index (κ3) is 3.59. The molecule has 0 amide bonds. The molecule has 1 heterocycles. The van der Waals surface area contributed by atoms with E-state index < -0.39 is 27.4 Å². The van der Waals surface area contributed by atoms with Crippen molar-refractivity contribution in [2.45, 2.75) is 11.6 Å². The van der Waals surface area contributed by atoms with Gasteiger partial charge in [0.15, 0.2) is 12.4 Å². The highest BCUT2D eigenvalue weighted by atomic mass is 79.9. The van der Waals surface area contributed by atoms with Gasteiger partial charge in [-0.3, -0.25) is 0 Å². The van der Waals surface area contributed by atoms with Crippen LogP contribution in [0.5, 0.6) is 0 Å². The van der Waals surface area contributed by atoms with Crippen LogP contribution in [0.2, 0.25) is 0 Å². The molecule has 3 rings (SSSR count). The number of halogens is 4. The van der Waals surface area contributed by atoms with Gasteiger partial charge in [0.05, 0.1) is 5.56 Å². The quantitative estimate of drug-likeness (QED) is 0.550. The molecule has 0 spiro atoms. The first-order valence-electron chi connectivity index (χ1n) is 7.05. The van der Waals surface area contributed by atoms with Gasteiger partial charge in [-0.2, -0.15) is 0 Å². The van der Waals surface area contributed by atoms with E-state index in [-0.39, 0.29) is 16.9 Å². The van der Waals surface area contributed by atoms with Crippen LogP contribution in [0.25, 0.3) is 22.4 Å². The summed E-state index contributed by atoms with van der Waals surface area (Å²) in [6.45, 7) is -0.960.